The predicted octanol–water partition coefficient (Wildman–Crippen LogP) is 3.45. The van der Waals surface area contributed by atoms with Gasteiger partial charge in [0.25, 0.3) is 5.91 Å². The first kappa shape index (κ1) is 14.5. The Morgan fingerprint density at radius 2 is 1.90 bits per heavy atom. The van der Waals surface area contributed by atoms with E-state index in [4.69, 9.17) is 16.7 Å². The number of pyridine rings is 1. The van der Waals surface area contributed by atoms with Crippen molar-refractivity contribution in [2.75, 3.05) is 5.32 Å². The first-order valence-electron chi connectivity index (χ1n) is 5.44. The Morgan fingerprint density at radius 1 is 1.25 bits per heavy atom. The zero-order valence-corrected chi connectivity index (χ0v) is 12.3. The summed E-state index contributed by atoms with van der Waals surface area (Å²) in [5.41, 5.74) is 0.270. The van der Waals surface area contributed by atoms with E-state index >= 15 is 0 Å². The SMILES string of the molecule is O=C(O)c1ccccc1C(=O)Nc1cc(Br)cnc1Cl. The van der Waals surface area contributed by atoms with Gasteiger partial charge in [0, 0.05) is 10.7 Å². The zero-order chi connectivity index (χ0) is 14.7. The van der Waals surface area contributed by atoms with Crippen molar-refractivity contribution < 1.29 is 14.7 Å². The highest BCUT2D eigenvalue weighted by atomic mass is 79.9. The summed E-state index contributed by atoms with van der Waals surface area (Å²) in [4.78, 5) is 27.1. The Morgan fingerprint density at radius 3 is 2.55 bits per heavy atom. The lowest BCUT2D eigenvalue weighted by Crippen LogP contribution is -2.16. The third-order valence-corrected chi connectivity index (χ3v) is 3.19. The van der Waals surface area contributed by atoms with Crippen molar-refractivity contribution in [3.05, 3.63) is 57.3 Å². The lowest BCUT2D eigenvalue weighted by molar-refractivity contribution is 0.0692. The van der Waals surface area contributed by atoms with E-state index in [2.05, 4.69) is 26.2 Å². The number of carbonyl (C=O) groups is 2. The van der Waals surface area contributed by atoms with Crippen LogP contribution < -0.4 is 5.32 Å². The van der Waals surface area contributed by atoms with Crippen LogP contribution in [0.2, 0.25) is 5.15 Å². The molecule has 1 heterocycles. The molecule has 0 spiro atoms. The monoisotopic (exact) mass is 354 g/mol. The van der Waals surface area contributed by atoms with E-state index in [0.29, 0.717) is 10.2 Å². The molecule has 0 saturated heterocycles. The first-order chi connectivity index (χ1) is 9.49. The average molecular weight is 356 g/mol. The summed E-state index contributed by atoms with van der Waals surface area (Å²) in [5, 5.41) is 11.7. The summed E-state index contributed by atoms with van der Waals surface area (Å²) in [6.45, 7) is 0. The number of anilines is 1. The summed E-state index contributed by atoms with van der Waals surface area (Å²) < 4.78 is 0.642. The number of aromatic nitrogens is 1. The van der Waals surface area contributed by atoms with E-state index in [-0.39, 0.29) is 16.3 Å². The van der Waals surface area contributed by atoms with Gasteiger partial charge >= 0.3 is 5.97 Å². The van der Waals surface area contributed by atoms with Crippen LogP contribution in [0.15, 0.2) is 41.0 Å². The van der Waals surface area contributed by atoms with Crippen molar-refractivity contribution in [3.63, 3.8) is 0 Å². The lowest BCUT2D eigenvalue weighted by atomic mass is 10.1. The summed E-state index contributed by atoms with van der Waals surface area (Å²) in [5.74, 6) is -1.74. The van der Waals surface area contributed by atoms with Crippen LogP contribution in [-0.4, -0.2) is 22.0 Å². The molecule has 5 nitrogen and oxygen atoms in total. The van der Waals surface area contributed by atoms with Gasteiger partial charge < -0.3 is 10.4 Å². The highest BCUT2D eigenvalue weighted by Crippen LogP contribution is 2.24. The lowest BCUT2D eigenvalue weighted by Gasteiger charge is -2.09. The van der Waals surface area contributed by atoms with Crippen molar-refractivity contribution in [3.8, 4) is 0 Å². The van der Waals surface area contributed by atoms with Gasteiger partial charge in [-0.2, -0.15) is 0 Å². The van der Waals surface area contributed by atoms with Crippen LogP contribution in [-0.2, 0) is 0 Å². The topological polar surface area (TPSA) is 79.3 Å². The Balaban J connectivity index is 2.33. The predicted molar refractivity (Wildman–Crippen MR) is 78.3 cm³/mol. The zero-order valence-electron chi connectivity index (χ0n) is 9.93. The number of benzene rings is 1. The minimum Gasteiger partial charge on any atom is -0.478 e. The van der Waals surface area contributed by atoms with Gasteiger partial charge in [-0.15, -0.1) is 0 Å². The summed E-state index contributed by atoms with van der Waals surface area (Å²) in [6, 6.07) is 7.50. The van der Waals surface area contributed by atoms with Gasteiger partial charge in [-0.25, -0.2) is 9.78 Å². The fourth-order valence-electron chi connectivity index (χ4n) is 1.57. The quantitative estimate of drug-likeness (QED) is 0.827. The molecule has 2 aromatic rings. The van der Waals surface area contributed by atoms with E-state index < -0.39 is 11.9 Å². The fraction of sp³-hybridized carbons (Fsp3) is 0. The van der Waals surface area contributed by atoms with Crippen LogP contribution in [0.1, 0.15) is 20.7 Å². The van der Waals surface area contributed by atoms with Gasteiger partial charge in [0.1, 0.15) is 0 Å². The van der Waals surface area contributed by atoms with Crippen molar-refractivity contribution in [1.29, 1.82) is 0 Å². The molecule has 0 unspecified atom stereocenters. The maximum absolute atomic E-state index is 12.1. The third kappa shape index (κ3) is 3.15. The summed E-state index contributed by atoms with van der Waals surface area (Å²) in [6.07, 6.45) is 1.49. The number of nitrogens with one attached hydrogen (secondary N) is 1. The van der Waals surface area contributed by atoms with Gasteiger partial charge in [-0.05, 0) is 34.1 Å². The number of hydrogen-bond donors (Lipinski definition) is 2. The van der Waals surface area contributed by atoms with Crippen molar-refractivity contribution in [2.24, 2.45) is 0 Å². The molecule has 2 N–H and O–H groups in total. The summed E-state index contributed by atoms with van der Waals surface area (Å²) in [7, 11) is 0. The molecule has 0 atom stereocenters. The molecule has 0 radical (unpaired) electrons. The summed E-state index contributed by atoms with van der Waals surface area (Å²) >= 11 is 9.08. The smallest absolute Gasteiger partial charge is 0.336 e. The van der Waals surface area contributed by atoms with Crippen LogP contribution in [0.3, 0.4) is 0 Å². The molecule has 0 aliphatic heterocycles. The highest BCUT2D eigenvalue weighted by molar-refractivity contribution is 9.10. The Bertz CT molecular complexity index is 691. The van der Waals surface area contributed by atoms with E-state index in [1.165, 1.54) is 18.3 Å². The van der Waals surface area contributed by atoms with Crippen LogP contribution in [0, 0.1) is 0 Å². The van der Waals surface area contributed by atoms with E-state index in [1.807, 2.05) is 0 Å². The molecule has 1 aromatic carbocycles. The van der Waals surface area contributed by atoms with Crippen LogP contribution in [0.4, 0.5) is 5.69 Å². The molecule has 0 fully saturated rings. The second kappa shape index (κ2) is 6.02. The molecule has 0 aliphatic rings. The van der Waals surface area contributed by atoms with Crippen LogP contribution in [0.5, 0.6) is 0 Å². The number of nitrogens with zero attached hydrogens (tertiary/aromatic N) is 1. The second-order valence-electron chi connectivity index (χ2n) is 3.80. The van der Waals surface area contributed by atoms with Crippen LogP contribution >= 0.6 is 27.5 Å². The molecule has 1 aromatic heterocycles. The second-order valence-corrected chi connectivity index (χ2v) is 5.07. The number of hydrogen-bond acceptors (Lipinski definition) is 3. The Labute approximate surface area is 127 Å². The number of halogens is 2. The molecule has 0 aliphatic carbocycles. The maximum atomic E-state index is 12.1. The first-order valence-corrected chi connectivity index (χ1v) is 6.61. The third-order valence-electron chi connectivity index (χ3n) is 2.46. The molecule has 20 heavy (non-hydrogen) atoms. The standard InChI is InChI=1S/C13H8BrClN2O3/c14-7-5-10(11(15)16-6-7)17-12(18)8-3-1-2-4-9(8)13(19)20/h1-6H,(H,17,18)(H,19,20). The minimum atomic E-state index is -1.17. The van der Waals surface area contributed by atoms with Gasteiger partial charge in [-0.1, -0.05) is 23.7 Å². The molecule has 102 valence electrons. The maximum Gasteiger partial charge on any atom is 0.336 e. The number of carboxylic acid groups (broad SMARTS) is 1. The highest BCUT2D eigenvalue weighted by Gasteiger charge is 2.17. The number of carboxylic acids is 1. The van der Waals surface area contributed by atoms with Crippen molar-refractivity contribution >= 4 is 45.1 Å². The molecule has 0 bridgehead atoms. The largest absolute Gasteiger partial charge is 0.478 e. The molecule has 0 saturated carbocycles. The van der Waals surface area contributed by atoms with Gasteiger partial charge in [0.05, 0.1) is 16.8 Å². The van der Waals surface area contributed by atoms with Crippen molar-refractivity contribution in [2.45, 2.75) is 0 Å². The normalized spacial score (nSPS) is 10.1. The fourth-order valence-corrected chi connectivity index (χ4v) is 2.05. The van der Waals surface area contributed by atoms with E-state index in [1.54, 1.807) is 18.2 Å². The average Bonchev–Trinajstić information content (AvgIpc) is 2.42. The van der Waals surface area contributed by atoms with Crippen molar-refractivity contribution in [1.82, 2.24) is 4.98 Å². The molecule has 7 heteroatoms. The van der Waals surface area contributed by atoms with Gasteiger partial charge in [0.15, 0.2) is 5.15 Å². The Hall–Kier alpha value is -1.92. The molecule has 2 rings (SSSR count). The molecular formula is C13H8BrClN2O3. The number of amides is 1. The minimum absolute atomic E-state index is 0.0519. The van der Waals surface area contributed by atoms with Gasteiger partial charge in [0.2, 0.25) is 0 Å². The number of carbonyl (C=O) groups excluding carboxylic acids is 1. The molecule has 1 amide bonds. The molecular weight excluding hydrogens is 348 g/mol. The number of rotatable bonds is 3. The van der Waals surface area contributed by atoms with E-state index in [0.717, 1.165) is 0 Å². The van der Waals surface area contributed by atoms with Gasteiger partial charge in [-0.3, -0.25) is 4.79 Å². The van der Waals surface area contributed by atoms with Crippen LogP contribution in [0.25, 0.3) is 0 Å². The number of aromatic carboxylic acids is 1. The Kier molecular flexibility index (Phi) is 4.36. The van der Waals surface area contributed by atoms with E-state index in [9.17, 15) is 9.59 Å².